The topological polar surface area (TPSA) is 82.3 Å². The van der Waals surface area contributed by atoms with Crippen LogP contribution < -0.4 is 5.32 Å². The number of aromatic amines is 2. The van der Waals surface area contributed by atoms with E-state index in [9.17, 15) is 4.39 Å². The van der Waals surface area contributed by atoms with Gasteiger partial charge in [-0.1, -0.05) is 50.8 Å². The van der Waals surface area contributed by atoms with Crippen molar-refractivity contribution in [1.29, 1.82) is 0 Å². The molecule has 39 heavy (non-hydrogen) atoms. The van der Waals surface area contributed by atoms with Crippen LogP contribution in [0, 0.1) is 5.82 Å². The normalized spacial score (nSPS) is 12.3. The summed E-state index contributed by atoms with van der Waals surface area (Å²) in [6.07, 6.45) is 12.6. The molecule has 0 saturated carbocycles. The molecular formula is C32H31FN6. The molecule has 0 aliphatic carbocycles. The molecule has 0 aliphatic rings. The minimum atomic E-state index is -0.284. The number of hydrogen-bond donors (Lipinski definition) is 3. The summed E-state index contributed by atoms with van der Waals surface area (Å²) in [4.78, 5) is 12.6. The maximum Gasteiger partial charge on any atom is 0.159 e. The van der Waals surface area contributed by atoms with Crippen molar-refractivity contribution in [2.24, 2.45) is 0 Å². The van der Waals surface area contributed by atoms with Gasteiger partial charge in [0.15, 0.2) is 5.82 Å². The van der Waals surface area contributed by atoms with Crippen LogP contribution in [0.2, 0.25) is 0 Å². The molecule has 0 aliphatic heterocycles. The van der Waals surface area contributed by atoms with Crippen LogP contribution in [0.25, 0.3) is 50.2 Å². The molecule has 0 saturated heterocycles. The lowest BCUT2D eigenvalue weighted by Gasteiger charge is -2.11. The molecule has 2 aromatic carbocycles. The number of halogens is 1. The number of rotatable bonds is 10. The highest BCUT2D eigenvalue weighted by molar-refractivity contribution is 5.98. The third-order valence-corrected chi connectivity index (χ3v) is 6.67. The van der Waals surface area contributed by atoms with Crippen LogP contribution in [-0.4, -0.2) is 25.1 Å². The first kappa shape index (κ1) is 25.9. The number of fused-ring (bicyclic) bond motifs is 2. The molecule has 0 unspecified atom stereocenters. The highest BCUT2D eigenvalue weighted by atomic mass is 19.1. The third-order valence-electron chi connectivity index (χ3n) is 6.67. The Bertz CT molecular complexity index is 1720. The number of unbranched alkanes of at least 4 members (excludes halogenated alkanes) is 1. The van der Waals surface area contributed by atoms with Crippen molar-refractivity contribution in [3.8, 4) is 22.6 Å². The number of nitrogens with one attached hydrogen (secondary N) is 3. The molecule has 0 fully saturated rings. The van der Waals surface area contributed by atoms with E-state index in [-0.39, 0.29) is 5.82 Å². The second-order valence-electron chi connectivity index (χ2n) is 9.39. The minimum Gasteiger partial charge on any atom is -0.359 e. The molecule has 3 heterocycles. The van der Waals surface area contributed by atoms with Crippen molar-refractivity contribution >= 4 is 27.5 Å². The SMILES string of the molecule is C=C/C(=C\C(=C/C)c1ccc2[nH]nc(-c3nc4c(-c5ccc(F)cc5)cncc4[nH]3)c2c1)NC(=C)CCCC. The predicted molar refractivity (Wildman–Crippen MR) is 158 cm³/mol. The zero-order chi connectivity index (χ0) is 27.4. The first-order chi connectivity index (χ1) is 19.0. The van der Waals surface area contributed by atoms with Crippen molar-refractivity contribution in [2.45, 2.75) is 33.1 Å². The van der Waals surface area contributed by atoms with Gasteiger partial charge in [-0.25, -0.2) is 9.37 Å². The Morgan fingerprint density at radius 2 is 1.92 bits per heavy atom. The molecular weight excluding hydrogens is 487 g/mol. The smallest absolute Gasteiger partial charge is 0.159 e. The zero-order valence-electron chi connectivity index (χ0n) is 22.2. The fraction of sp³-hybridized carbons (Fsp3) is 0.156. The molecule has 0 amide bonds. The van der Waals surface area contributed by atoms with Crippen LogP contribution in [0.15, 0.2) is 97.6 Å². The largest absolute Gasteiger partial charge is 0.359 e. The Hall–Kier alpha value is -4.78. The molecule has 0 radical (unpaired) electrons. The van der Waals surface area contributed by atoms with E-state index in [2.05, 4.69) is 69.8 Å². The van der Waals surface area contributed by atoms with Gasteiger partial charge in [0.05, 0.1) is 22.7 Å². The van der Waals surface area contributed by atoms with Crippen molar-refractivity contribution in [1.82, 2.24) is 30.5 Å². The van der Waals surface area contributed by atoms with Gasteiger partial charge >= 0.3 is 0 Å². The minimum absolute atomic E-state index is 0.284. The van der Waals surface area contributed by atoms with Crippen molar-refractivity contribution in [3.05, 3.63) is 109 Å². The van der Waals surface area contributed by atoms with E-state index in [1.165, 1.54) is 12.1 Å². The average Bonchev–Trinajstić information content (AvgIpc) is 3.58. The van der Waals surface area contributed by atoms with E-state index < -0.39 is 0 Å². The summed E-state index contributed by atoms with van der Waals surface area (Å²) in [5.41, 5.74) is 8.77. The number of allylic oxidation sites excluding steroid dienone is 5. The number of benzene rings is 2. The van der Waals surface area contributed by atoms with Crippen molar-refractivity contribution < 1.29 is 4.39 Å². The third kappa shape index (κ3) is 5.43. The monoisotopic (exact) mass is 518 g/mol. The van der Waals surface area contributed by atoms with Gasteiger partial charge in [0.25, 0.3) is 0 Å². The van der Waals surface area contributed by atoms with Gasteiger partial charge in [-0.2, -0.15) is 5.10 Å². The Morgan fingerprint density at radius 3 is 2.67 bits per heavy atom. The Labute approximate surface area is 227 Å². The lowest BCUT2D eigenvalue weighted by molar-refractivity contribution is 0.628. The van der Waals surface area contributed by atoms with Gasteiger partial charge in [-0.15, -0.1) is 0 Å². The van der Waals surface area contributed by atoms with Gasteiger partial charge in [0.2, 0.25) is 0 Å². The van der Waals surface area contributed by atoms with Crippen molar-refractivity contribution in [3.63, 3.8) is 0 Å². The second-order valence-corrected chi connectivity index (χ2v) is 9.39. The van der Waals surface area contributed by atoms with Crippen LogP contribution in [0.5, 0.6) is 0 Å². The molecule has 0 bridgehead atoms. The number of H-pyrrole nitrogens is 2. The molecule has 6 nitrogen and oxygen atoms in total. The van der Waals surface area contributed by atoms with E-state index in [1.807, 2.05) is 19.1 Å². The summed E-state index contributed by atoms with van der Waals surface area (Å²) in [6, 6.07) is 12.5. The summed E-state index contributed by atoms with van der Waals surface area (Å²) >= 11 is 0. The van der Waals surface area contributed by atoms with Gasteiger partial charge < -0.3 is 10.3 Å². The highest BCUT2D eigenvalue weighted by Crippen LogP contribution is 2.32. The Balaban J connectivity index is 1.51. The first-order valence-electron chi connectivity index (χ1n) is 13.0. The van der Waals surface area contributed by atoms with Crippen molar-refractivity contribution in [2.75, 3.05) is 0 Å². The Kier molecular flexibility index (Phi) is 7.50. The molecule has 196 valence electrons. The zero-order valence-corrected chi connectivity index (χ0v) is 22.2. The fourth-order valence-corrected chi connectivity index (χ4v) is 4.56. The first-order valence-corrected chi connectivity index (χ1v) is 13.0. The Morgan fingerprint density at radius 1 is 1.10 bits per heavy atom. The number of aromatic nitrogens is 5. The summed E-state index contributed by atoms with van der Waals surface area (Å²) in [5, 5.41) is 12.0. The summed E-state index contributed by atoms with van der Waals surface area (Å²) in [5.74, 6) is 0.344. The summed E-state index contributed by atoms with van der Waals surface area (Å²) in [6.45, 7) is 12.3. The van der Waals surface area contributed by atoms with Crippen LogP contribution in [0.1, 0.15) is 38.7 Å². The predicted octanol–water partition coefficient (Wildman–Crippen LogP) is 8.07. The van der Waals surface area contributed by atoms with E-state index in [0.29, 0.717) is 11.5 Å². The highest BCUT2D eigenvalue weighted by Gasteiger charge is 2.16. The van der Waals surface area contributed by atoms with E-state index in [0.717, 1.165) is 74.9 Å². The molecule has 7 heteroatoms. The number of hydrogen-bond acceptors (Lipinski definition) is 4. The lowest BCUT2D eigenvalue weighted by Crippen LogP contribution is -2.10. The van der Waals surface area contributed by atoms with Gasteiger partial charge in [-0.05, 0) is 72.9 Å². The fourth-order valence-electron chi connectivity index (χ4n) is 4.56. The number of pyridine rings is 1. The van der Waals surface area contributed by atoms with Crippen LogP contribution in [-0.2, 0) is 0 Å². The standard InChI is InChI=1S/C32H31FN6/c1-5-8-9-20(4)35-25(7-3)16-21(6-2)23-12-15-28-26(17-23)31(39-38-28)32-36-29-19-34-18-27(30(29)37-32)22-10-13-24(33)14-11-22/h6-7,10-19,35H,3-5,8-9H2,1-2H3,(H,36,37)(H,38,39)/b21-6+,25-16+. The maximum atomic E-state index is 13.5. The second kappa shape index (κ2) is 11.3. The van der Waals surface area contributed by atoms with E-state index in [1.54, 1.807) is 24.5 Å². The summed E-state index contributed by atoms with van der Waals surface area (Å²) in [7, 11) is 0. The van der Waals surface area contributed by atoms with E-state index in [4.69, 9.17) is 4.98 Å². The maximum absolute atomic E-state index is 13.5. The molecule has 5 rings (SSSR count). The molecule has 0 spiro atoms. The molecule has 3 aromatic heterocycles. The van der Waals surface area contributed by atoms with Gasteiger partial charge in [-0.3, -0.25) is 10.1 Å². The van der Waals surface area contributed by atoms with Crippen LogP contribution >= 0.6 is 0 Å². The van der Waals surface area contributed by atoms with Crippen LogP contribution in [0.3, 0.4) is 0 Å². The molecule has 5 aromatic rings. The number of imidazole rings is 1. The molecule has 3 N–H and O–H groups in total. The quantitative estimate of drug-likeness (QED) is 0.163. The molecule has 0 atom stereocenters. The van der Waals surface area contributed by atoms with Gasteiger partial charge in [0.1, 0.15) is 11.5 Å². The number of nitrogens with zero attached hydrogens (tertiary/aromatic N) is 3. The summed E-state index contributed by atoms with van der Waals surface area (Å²) < 4.78 is 13.5. The average molecular weight is 519 g/mol. The lowest BCUT2D eigenvalue weighted by atomic mass is 10.0. The van der Waals surface area contributed by atoms with Gasteiger partial charge in [0, 0.05) is 28.5 Å². The van der Waals surface area contributed by atoms with Crippen LogP contribution in [0.4, 0.5) is 4.39 Å². The van der Waals surface area contributed by atoms with E-state index >= 15 is 0 Å².